The van der Waals surface area contributed by atoms with Crippen LogP contribution >= 0.6 is 0 Å². The molecule has 3 aromatic rings. The Balaban J connectivity index is 1.77. The van der Waals surface area contributed by atoms with Crippen molar-refractivity contribution >= 4 is 28.9 Å². The lowest BCUT2D eigenvalue weighted by molar-refractivity contribution is 0.100. The zero-order valence-corrected chi connectivity index (χ0v) is 13.8. The third-order valence-electron chi connectivity index (χ3n) is 4.27. The summed E-state index contributed by atoms with van der Waals surface area (Å²) in [5, 5.41) is 9.96. The van der Waals surface area contributed by atoms with E-state index in [9.17, 15) is 14.0 Å². The topological polar surface area (TPSA) is 119 Å². The number of anilines is 3. The van der Waals surface area contributed by atoms with E-state index in [0.29, 0.717) is 18.1 Å². The summed E-state index contributed by atoms with van der Waals surface area (Å²) in [6, 6.07) is 4.48. The summed E-state index contributed by atoms with van der Waals surface area (Å²) in [6.45, 7) is 0. The Kier molecular flexibility index (Phi) is 3.60. The number of carbonyl (C=O) groups excluding carboxylic acids is 1. The minimum absolute atomic E-state index is 0.161. The van der Waals surface area contributed by atoms with Gasteiger partial charge in [0.25, 0.3) is 11.5 Å². The summed E-state index contributed by atoms with van der Waals surface area (Å²) in [7, 11) is 1.69. The molecule has 1 saturated carbocycles. The molecule has 0 radical (unpaired) electrons. The van der Waals surface area contributed by atoms with Crippen molar-refractivity contribution in [2.45, 2.75) is 18.6 Å². The fourth-order valence-corrected chi connectivity index (χ4v) is 2.82. The molecule has 4 rings (SSSR count). The molecule has 0 aromatic carbocycles. The van der Waals surface area contributed by atoms with Crippen LogP contribution in [0.15, 0.2) is 35.4 Å². The second-order valence-corrected chi connectivity index (χ2v) is 6.01. The normalized spacial score (nSPS) is 18.7. The van der Waals surface area contributed by atoms with Gasteiger partial charge in [-0.25, -0.2) is 9.37 Å². The molecule has 0 aliphatic heterocycles. The number of fused-ring (bicyclic) bond motifs is 1. The van der Waals surface area contributed by atoms with Gasteiger partial charge in [0.15, 0.2) is 5.65 Å². The molecule has 1 fully saturated rings. The maximum atomic E-state index is 13.3. The van der Waals surface area contributed by atoms with Gasteiger partial charge in [0.05, 0.1) is 12.2 Å². The zero-order chi connectivity index (χ0) is 18.4. The number of nitrogens with two attached hydrogens (primary N) is 1. The van der Waals surface area contributed by atoms with Crippen LogP contribution in [0.5, 0.6) is 0 Å². The molecule has 3 aromatic heterocycles. The van der Waals surface area contributed by atoms with Crippen molar-refractivity contribution in [2.24, 2.45) is 5.73 Å². The van der Waals surface area contributed by atoms with E-state index < -0.39 is 18.1 Å². The molecule has 1 aliphatic rings. The highest BCUT2D eigenvalue weighted by molar-refractivity contribution is 5.98. The van der Waals surface area contributed by atoms with Gasteiger partial charge in [0, 0.05) is 25.7 Å². The molecule has 10 heteroatoms. The van der Waals surface area contributed by atoms with Crippen LogP contribution in [0.2, 0.25) is 0 Å². The lowest BCUT2D eigenvalue weighted by atomic mass is 10.3. The predicted octanol–water partition coefficient (Wildman–Crippen LogP) is 1.06. The highest BCUT2D eigenvalue weighted by Gasteiger charge is 2.39. The Morgan fingerprint density at radius 1 is 1.46 bits per heavy atom. The Hall–Kier alpha value is -3.43. The molecule has 4 N–H and O–H groups in total. The van der Waals surface area contributed by atoms with Crippen molar-refractivity contribution in [3.63, 3.8) is 0 Å². The van der Waals surface area contributed by atoms with Crippen molar-refractivity contribution in [3.8, 4) is 0 Å². The summed E-state index contributed by atoms with van der Waals surface area (Å²) in [5.74, 6) is 0.219. The van der Waals surface area contributed by atoms with Gasteiger partial charge >= 0.3 is 0 Å². The van der Waals surface area contributed by atoms with E-state index in [2.05, 4.69) is 20.7 Å². The van der Waals surface area contributed by atoms with E-state index >= 15 is 0 Å². The fourth-order valence-electron chi connectivity index (χ4n) is 2.82. The third-order valence-corrected chi connectivity index (χ3v) is 4.27. The average Bonchev–Trinajstić information content (AvgIpc) is 3.17. The molecule has 1 amide bonds. The largest absolute Gasteiger partial charge is 0.373 e. The van der Waals surface area contributed by atoms with Gasteiger partial charge in [-0.3, -0.25) is 9.59 Å². The molecule has 2 atom stereocenters. The smallest absolute Gasteiger partial charge is 0.274 e. The number of pyridine rings is 1. The number of halogens is 1. The van der Waals surface area contributed by atoms with Crippen molar-refractivity contribution < 1.29 is 9.18 Å². The molecule has 0 spiro atoms. The first kappa shape index (κ1) is 16.1. The average molecular weight is 357 g/mol. The van der Waals surface area contributed by atoms with Gasteiger partial charge in [0.2, 0.25) is 0 Å². The summed E-state index contributed by atoms with van der Waals surface area (Å²) in [5.41, 5.74) is 5.69. The molecule has 0 unspecified atom stereocenters. The second-order valence-electron chi connectivity index (χ2n) is 6.01. The fraction of sp³-hybridized carbons (Fsp3) is 0.250. The van der Waals surface area contributed by atoms with Gasteiger partial charge in [-0.05, 0) is 12.1 Å². The van der Waals surface area contributed by atoms with Crippen LogP contribution in [0.4, 0.5) is 21.7 Å². The highest BCUT2D eigenvalue weighted by Crippen LogP contribution is 2.37. The van der Waals surface area contributed by atoms with Gasteiger partial charge < -0.3 is 20.9 Å². The highest BCUT2D eigenvalue weighted by atomic mass is 19.1. The van der Waals surface area contributed by atoms with Gasteiger partial charge in [-0.2, -0.15) is 9.61 Å². The lowest BCUT2D eigenvalue weighted by Gasteiger charge is -2.11. The van der Waals surface area contributed by atoms with Crippen molar-refractivity contribution in [3.05, 3.63) is 46.5 Å². The summed E-state index contributed by atoms with van der Waals surface area (Å²) >= 11 is 0. The number of aromatic nitrogens is 4. The standard InChI is InChI=1S/C16H16FN7O2/c1-19-13-6-12(22-15-8(14(18)25)7-20-24(13)15)21-10-3-2-4-23(16(10)26)11-5-9(11)17/h2-4,6-7,9,11,19H,5H2,1H3,(H2,18,25)(H,21,22)/t9-,11-/m1/s1. The Bertz CT molecular complexity index is 1070. The Morgan fingerprint density at radius 3 is 2.88 bits per heavy atom. The van der Waals surface area contributed by atoms with Crippen LogP contribution in [-0.4, -0.2) is 38.3 Å². The Labute approximate surface area is 146 Å². The van der Waals surface area contributed by atoms with Crippen molar-refractivity contribution in [1.29, 1.82) is 0 Å². The number of carbonyl (C=O) groups is 1. The molecule has 0 saturated heterocycles. The zero-order valence-electron chi connectivity index (χ0n) is 13.8. The molecule has 9 nitrogen and oxygen atoms in total. The van der Waals surface area contributed by atoms with Gasteiger partial charge in [-0.1, -0.05) is 0 Å². The lowest BCUT2D eigenvalue weighted by Crippen LogP contribution is -2.22. The molecular formula is C16H16FN7O2. The van der Waals surface area contributed by atoms with E-state index in [1.54, 1.807) is 31.4 Å². The SMILES string of the molecule is CNc1cc(Nc2cccn([C@@H]3C[C@H]3F)c2=O)nc2c(C(N)=O)cnn12. The number of rotatable bonds is 5. The summed E-state index contributed by atoms with van der Waals surface area (Å²) < 4.78 is 16.1. The van der Waals surface area contributed by atoms with Gasteiger partial charge in [0.1, 0.15) is 29.1 Å². The van der Waals surface area contributed by atoms with Crippen LogP contribution < -0.4 is 21.9 Å². The maximum absolute atomic E-state index is 13.3. The molecule has 3 heterocycles. The number of primary amides is 1. The maximum Gasteiger partial charge on any atom is 0.274 e. The molecular weight excluding hydrogens is 341 g/mol. The van der Waals surface area contributed by atoms with Crippen LogP contribution in [-0.2, 0) is 0 Å². The van der Waals surface area contributed by atoms with Crippen LogP contribution in [0.3, 0.4) is 0 Å². The molecule has 0 bridgehead atoms. The van der Waals surface area contributed by atoms with Crippen LogP contribution in [0.25, 0.3) is 5.65 Å². The van der Waals surface area contributed by atoms with Gasteiger partial charge in [-0.15, -0.1) is 0 Å². The molecule has 134 valence electrons. The minimum atomic E-state index is -0.988. The molecule has 26 heavy (non-hydrogen) atoms. The number of amides is 1. The van der Waals surface area contributed by atoms with E-state index in [-0.39, 0.29) is 22.5 Å². The summed E-state index contributed by atoms with van der Waals surface area (Å²) in [4.78, 5) is 28.4. The van der Waals surface area contributed by atoms with Crippen LogP contribution in [0.1, 0.15) is 22.8 Å². The van der Waals surface area contributed by atoms with E-state index in [1.165, 1.54) is 15.3 Å². The summed E-state index contributed by atoms with van der Waals surface area (Å²) in [6.07, 6.45) is 2.25. The van der Waals surface area contributed by atoms with Crippen molar-refractivity contribution in [1.82, 2.24) is 19.2 Å². The second kappa shape index (κ2) is 5.83. The monoisotopic (exact) mass is 357 g/mol. The van der Waals surface area contributed by atoms with Crippen molar-refractivity contribution in [2.75, 3.05) is 17.7 Å². The number of hydrogen-bond acceptors (Lipinski definition) is 6. The van der Waals surface area contributed by atoms with E-state index in [0.717, 1.165) is 0 Å². The van der Waals surface area contributed by atoms with E-state index in [4.69, 9.17) is 5.73 Å². The minimum Gasteiger partial charge on any atom is -0.373 e. The number of alkyl halides is 1. The Morgan fingerprint density at radius 2 is 2.23 bits per heavy atom. The number of nitrogens with one attached hydrogen (secondary N) is 2. The van der Waals surface area contributed by atoms with E-state index in [1.807, 2.05) is 0 Å². The first-order valence-corrected chi connectivity index (χ1v) is 7.98. The van der Waals surface area contributed by atoms with Crippen LogP contribution in [0, 0.1) is 0 Å². The first-order chi connectivity index (χ1) is 12.5. The third kappa shape index (κ3) is 2.55. The quantitative estimate of drug-likeness (QED) is 0.628. The predicted molar refractivity (Wildman–Crippen MR) is 93.6 cm³/mol. The molecule has 1 aliphatic carbocycles. The number of hydrogen-bond donors (Lipinski definition) is 3. The first-order valence-electron chi connectivity index (χ1n) is 7.98. The number of nitrogens with zero attached hydrogens (tertiary/aromatic N) is 4.